The van der Waals surface area contributed by atoms with Gasteiger partial charge >= 0.3 is 6.03 Å². The number of hydrogen-bond donors (Lipinski definition) is 4. The highest BCUT2D eigenvalue weighted by Crippen LogP contribution is 2.31. The minimum atomic E-state index is -0.474. The average Bonchev–Trinajstić information content (AvgIpc) is 3.61. The highest BCUT2D eigenvalue weighted by molar-refractivity contribution is 6.09. The Morgan fingerprint density at radius 1 is 0.855 bits per heavy atom. The molecule has 0 atom stereocenters. The van der Waals surface area contributed by atoms with Crippen LogP contribution in [0.2, 0.25) is 0 Å². The van der Waals surface area contributed by atoms with E-state index in [4.69, 9.17) is 15.7 Å². The number of anilines is 3. The molecule has 0 radical (unpaired) electrons. The third kappa shape index (κ3) is 9.72. The second kappa shape index (κ2) is 19.1. The molecular weight excluding hydrogens is 785 g/mol. The number of nitrogens with zero attached hydrogens (tertiary/aromatic N) is 9. The first-order valence-electron chi connectivity index (χ1n) is 21.5. The van der Waals surface area contributed by atoms with E-state index in [0.29, 0.717) is 37.0 Å². The fourth-order valence-electron chi connectivity index (χ4n) is 8.55. The molecule has 5 N–H and O–H groups in total. The number of fused-ring (bicyclic) bond motifs is 1. The Bertz CT molecular complexity index is 2430. The van der Waals surface area contributed by atoms with Crippen molar-refractivity contribution in [1.82, 2.24) is 39.8 Å². The van der Waals surface area contributed by atoms with Gasteiger partial charge in [0.25, 0.3) is 0 Å². The van der Waals surface area contributed by atoms with Gasteiger partial charge in [-0.1, -0.05) is 54.6 Å². The minimum absolute atomic E-state index is 0.0481. The Balaban J connectivity index is 0.850. The smallest absolute Gasteiger partial charge is 0.329 e. The van der Waals surface area contributed by atoms with E-state index in [1.54, 1.807) is 4.68 Å². The monoisotopic (exact) mass is 840 g/mol. The van der Waals surface area contributed by atoms with E-state index in [-0.39, 0.29) is 37.9 Å². The molecule has 2 aromatic heterocycles. The van der Waals surface area contributed by atoms with Crippen LogP contribution in [-0.4, -0.2) is 143 Å². The van der Waals surface area contributed by atoms with Crippen LogP contribution < -0.4 is 26.2 Å². The fraction of sp³-hybridized carbons (Fsp3) is 0.391. The first-order valence-corrected chi connectivity index (χ1v) is 21.5. The molecule has 3 fully saturated rings. The van der Waals surface area contributed by atoms with Crippen LogP contribution in [0.25, 0.3) is 27.7 Å². The van der Waals surface area contributed by atoms with Gasteiger partial charge in [0, 0.05) is 113 Å². The number of rotatable bonds is 14. The van der Waals surface area contributed by atoms with E-state index < -0.39 is 6.03 Å². The Labute approximate surface area is 362 Å². The van der Waals surface area contributed by atoms with Crippen molar-refractivity contribution in [1.29, 1.82) is 0 Å². The summed E-state index contributed by atoms with van der Waals surface area (Å²) in [6, 6.07) is 26.0. The first-order chi connectivity index (χ1) is 30.1. The zero-order valence-electron chi connectivity index (χ0n) is 35.6. The topological polar surface area (TPSA) is 181 Å². The molecule has 0 aliphatic carbocycles. The van der Waals surface area contributed by atoms with Gasteiger partial charge in [-0.25, -0.2) is 14.8 Å². The summed E-state index contributed by atoms with van der Waals surface area (Å²) in [6.07, 6.45) is 2.10. The summed E-state index contributed by atoms with van der Waals surface area (Å²) < 4.78 is 1.70. The van der Waals surface area contributed by atoms with Crippen LogP contribution in [-0.2, 0) is 23.1 Å². The van der Waals surface area contributed by atoms with Crippen LogP contribution in [0.15, 0.2) is 84.6 Å². The molecule has 3 aliphatic heterocycles. The number of urea groups is 1. The van der Waals surface area contributed by atoms with Gasteiger partial charge in [0.05, 0.1) is 24.4 Å². The van der Waals surface area contributed by atoms with Crippen molar-refractivity contribution in [2.45, 2.75) is 26.2 Å². The lowest BCUT2D eigenvalue weighted by Crippen LogP contribution is -2.50. The zero-order valence-corrected chi connectivity index (χ0v) is 35.6. The molecule has 62 heavy (non-hydrogen) atoms. The van der Waals surface area contributed by atoms with Crippen LogP contribution in [0, 0.1) is 0 Å². The number of aryl methyl sites for hydroxylation is 2. The van der Waals surface area contributed by atoms with Crippen molar-refractivity contribution >= 4 is 51.6 Å². The third-order valence-corrected chi connectivity index (χ3v) is 12.0. The number of carbonyl (C=O) groups is 3. The van der Waals surface area contributed by atoms with Crippen molar-refractivity contribution in [3.63, 3.8) is 0 Å². The Hall–Kier alpha value is -6.36. The summed E-state index contributed by atoms with van der Waals surface area (Å²) in [6.45, 7) is 10.4. The Morgan fingerprint density at radius 3 is 2.35 bits per heavy atom. The third-order valence-electron chi connectivity index (χ3n) is 12.0. The molecule has 3 saturated heterocycles. The molecular formula is C46H56N12O4. The molecule has 8 rings (SSSR count). The average molecular weight is 841 g/mol. The number of hydrogen-bond acceptors (Lipinski definition) is 12. The lowest BCUT2D eigenvalue weighted by Gasteiger charge is -2.35. The van der Waals surface area contributed by atoms with Gasteiger partial charge in [-0.05, 0) is 55.6 Å². The molecule has 5 aromatic rings. The lowest BCUT2D eigenvalue weighted by atomic mass is 9.98. The predicted molar refractivity (Wildman–Crippen MR) is 242 cm³/mol. The summed E-state index contributed by atoms with van der Waals surface area (Å²) in [5.41, 5.74) is 13.8. The van der Waals surface area contributed by atoms with Crippen LogP contribution >= 0.6 is 0 Å². The van der Waals surface area contributed by atoms with Gasteiger partial charge in [-0.15, -0.1) is 0 Å². The summed E-state index contributed by atoms with van der Waals surface area (Å²) in [5, 5.41) is 20.4. The number of allylic oxidation sites excluding steroid dienone is 1. The van der Waals surface area contributed by atoms with Gasteiger partial charge in [-0.3, -0.25) is 34.3 Å². The van der Waals surface area contributed by atoms with Crippen molar-refractivity contribution in [2.75, 3.05) is 100 Å². The maximum atomic E-state index is 13.3. The van der Waals surface area contributed by atoms with Crippen molar-refractivity contribution < 1.29 is 19.5 Å². The summed E-state index contributed by atoms with van der Waals surface area (Å²) in [7, 11) is 1.81. The number of amides is 4. The SMILES string of the molecule is C/C(N)=C(\c1cccc(CCCN2CCN(C(=O)CNc3ccc4c(N5CCC(=O)NC5=O)nn(C)c4c3)CC2)c1)c1nc(-c2ccccc2)cc(N2CCN(CCO)CC2)n1. The molecule has 3 aromatic carbocycles. The standard InChI is InChI=1S/C46H56N12O4/c1-32(47)43(44-49-38(34-10-4-3-5-11-34)30-40(50-44)56-22-18-55(19-23-56)26-27-59)35-12-6-8-33(28-35)9-7-16-54-20-24-57(25-21-54)42(61)31-48-36-13-14-37-39(29-36)53(2)52-45(37)58-17-15-41(60)51-46(58)62/h3-6,8,10-14,28-30,48,59H,7,9,15-27,31,47H2,1-2H3,(H,51,60,62)/b43-32-. The molecule has 0 unspecified atom stereocenters. The first kappa shape index (κ1) is 42.3. The molecule has 16 heteroatoms. The number of aliphatic hydroxyl groups is 1. The second-order valence-electron chi connectivity index (χ2n) is 16.2. The maximum absolute atomic E-state index is 13.3. The number of carbonyl (C=O) groups excluding carboxylic acids is 3. The zero-order chi connectivity index (χ0) is 43.2. The van der Waals surface area contributed by atoms with Crippen molar-refractivity contribution in [3.05, 3.63) is 102 Å². The van der Waals surface area contributed by atoms with E-state index >= 15 is 0 Å². The lowest BCUT2D eigenvalue weighted by molar-refractivity contribution is -0.131. The minimum Gasteiger partial charge on any atom is -0.402 e. The van der Waals surface area contributed by atoms with E-state index in [1.807, 2.05) is 55.3 Å². The predicted octanol–water partition coefficient (Wildman–Crippen LogP) is 3.52. The van der Waals surface area contributed by atoms with E-state index in [9.17, 15) is 19.5 Å². The summed E-state index contributed by atoms with van der Waals surface area (Å²) in [4.78, 5) is 58.0. The van der Waals surface area contributed by atoms with Crippen LogP contribution in [0.4, 0.5) is 22.1 Å². The molecule has 5 heterocycles. The fourth-order valence-corrected chi connectivity index (χ4v) is 8.55. The van der Waals surface area contributed by atoms with E-state index in [1.165, 1.54) is 10.5 Å². The van der Waals surface area contributed by atoms with Gasteiger partial charge < -0.3 is 26.0 Å². The van der Waals surface area contributed by atoms with Crippen LogP contribution in [0.1, 0.15) is 36.7 Å². The van der Waals surface area contributed by atoms with Gasteiger partial charge in [-0.2, -0.15) is 5.10 Å². The number of aromatic nitrogens is 4. The van der Waals surface area contributed by atoms with Gasteiger partial charge in [0.15, 0.2) is 11.6 Å². The maximum Gasteiger partial charge on any atom is 0.329 e. The number of benzene rings is 3. The molecule has 3 aliphatic rings. The molecule has 4 amide bonds. The highest BCUT2D eigenvalue weighted by Gasteiger charge is 2.28. The number of β-amino-alcohol motifs (C(OH)–C–C–N with tert-alkyl or cyclic N) is 1. The Kier molecular flexibility index (Phi) is 13.1. The Morgan fingerprint density at radius 2 is 1.61 bits per heavy atom. The molecule has 324 valence electrons. The number of piperazine rings is 2. The summed E-state index contributed by atoms with van der Waals surface area (Å²) in [5.74, 6) is 1.73. The number of nitrogens with one attached hydrogen (secondary N) is 2. The second-order valence-corrected chi connectivity index (χ2v) is 16.2. The quantitative estimate of drug-likeness (QED) is 0.128. The summed E-state index contributed by atoms with van der Waals surface area (Å²) >= 11 is 0. The van der Waals surface area contributed by atoms with Crippen molar-refractivity contribution in [3.8, 4) is 11.3 Å². The molecule has 0 saturated carbocycles. The van der Waals surface area contributed by atoms with E-state index in [0.717, 1.165) is 103 Å². The number of aliphatic hydroxyl groups excluding tert-OH is 1. The number of nitrogens with two attached hydrogens (primary N) is 1. The highest BCUT2D eigenvalue weighted by atomic mass is 16.3. The number of imide groups is 1. The van der Waals surface area contributed by atoms with E-state index in [2.05, 4.69) is 72.9 Å². The molecule has 0 bridgehead atoms. The van der Waals surface area contributed by atoms with Crippen molar-refractivity contribution in [2.24, 2.45) is 12.8 Å². The largest absolute Gasteiger partial charge is 0.402 e. The van der Waals surface area contributed by atoms with Crippen LogP contribution in [0.5, 0.6) is 0 Å². The molecule has 0 spiro atoms. The normalized spacial score (nSPS) is 17.0. The molecule has 16 nitrogen and oxygen atoms in total. The van der Waals surface area contributed by atoms with Gasteiger partial charge in [0.2, 0.25) is 11.8 Å². The van der Waals surface area contributed by atoms with Crippen LogP contribution in [0.3, 0.4) is 0 Å². The van der Waals surface area contributed by atoms with Gasteiger partial charge in [0.1, 0.15) is 5.82 Å².